The van der Waals surface area contributed by atoms with Crippen molar-refractivity contribution in [1.82, 2.24) is 29.9 Å². The number of anilines is 10. The molecular weight excluding hydrogens is 1170 g/mol. The van der Waals surface area contributed by atoms with Crippen LogP contribution in [0.2, 0.25) is 0 Å². The number of phenols is 2. The minimum absolute atomic E-state index is 0.0195. The Morgan fingerprint density at radius 2 is 0.744 bits per heavy atom. The van der Waals surface area contributed by atoms with Crippen molar-refractivity contribution in [2.24, 2.45) is 20.5 Å². The zero-order chi connectivity index (χ0) is 61.5. The van der Waals surface area contributed by atoms with Gasteiger partial charge in [-0.1, -0.05) is 12.1 Å². The maximum absolute atomic E-state index is 12.6. The average Bonchev–Trinajstić information content (AvgIpc) is 0.925. The van der Waals surface area contributed by atoms with Crippen LogP contribution in [0.4, 0.5) is 81.2 Å². The molecule has 2 heterocycles. The molecule has 34 heteroatoms. The largest absolute Gasteiger partial charge is 0.505 e. The van der Waals surface area contributed by atoms with Crippen molar-refractivity contribution < 1.29 is 76.7 Å². The molecule has 0 amide bonds. The van der Waals surface area contributed by atoms with Gasteiger partial charge in [0, 0.05) is 36.2 Å². The van der Waals surface area contributed by atoms with Crippen LogP contribution in [0.25, 0.3) is 21.5 Å². The summed E-state index contributed by atoms with van der Waals surface area (Å²) < 4.78 is 70.6. The molecule has 14 N–H and O–H groups in total. The third kappa shape index (κ3) is 14.4. The minimum atomic E-state index is -4.82. The van der Waals surface area contributed by atoms with Crippen LogP contribution in [0.3, 0.4) is 0 Å². The Morgan fingerprint density at radius 1 is 0.430 bits per heavy atom. The van der Waals surface area contributed by atoms with Crippen LogP contribution in [-0.2, 0) is 66.2 Å². The third-order valence-electron chi connectivity index (χ3n) is 12.4. The van der Waals surface area contributed by atoms with Crippen molar-refractivity contribution in [2.75, 3.05) is 46.0 Å². The average molecular weight is 1220 g/mol. The number of aromatic hydroxyl groups is 2. The summed E-state index contributed by atoms with van der Waals surface area (Å²) in [5.74, 6) is -1.17. The van der Waals surface area contributed by atoms with Crippen molar-refractivity contribution >= 4 is 123 Å². The standard InChI is InChI=1S/C52H50N16O16S2/c1-25-9-31-17-37(85(75,76)77)19-39(41(31)45(69)43(25)67-65-35-13-27(21-81-71)11-28(14-35)22-82-72)57-51-61-47(53-3)59-49(63-51)55-33-5-7-34(8-6-33)56-50-60-48(54-4)62-52(64-50)58-40-20-38(86(78,79)80)18-32-10-26(2)44(46(70)42(32)40)68-66-36-15-29(23-83-73)12-30(16-36)24-84-74/h5-20,69-74H,21-24H2,1-4H3,(H,75,76,77)(H,78,79,80)(H3,53,55,57,59,61,63)(H3,54,56,58,60,62,64). The van der Waals surface area contributed by atoms with Gasteiger partial charge in [0.2, 0.25) is 35.7 Å². The normalized spacial score (nSPS) is 11.9. The van der Waals surface area contributed by atoms with E-state index in [4.69, 9.17) is 21.0 Å². The van der Waals surface area contributed by atoms with Gasteiger partial charge in [0.15, 0.2) is 11.5 Å². The van der Waals surface area contributed by atoms with Gasteiger partial charge in [-0.2, -0.15) is 57.0 Å². The Labute approximate surface area is 486 Å². The van der Waals surface area contributed by atoms with Crippen molar-refractivity contribution in [2.45, 2.75) is 50.1 Å². The van der Waals surface area contributed by atoms with E-state index in [0.717, 1.165) is 24.3 Å². The number of nitrogens with zero attached hydrogens (tertiary/aromatic N) is 10. The second kappa shape index (κ2) is 26.0. The summed E-state index contributed by atoms with van der Waals surface area (Å²) in [4.78, 5) is 42.4. The monoisotopic (exact) mass is 1220 g/mol. The SMILES string of the molecule is CNc1nc(Nc2ccc(Nc3nc(NC)nc(Nc4cc(S(=O)(=O)O)cc5cc(C)c(N=Nc6cc(COO)cc(COO)c6)c(O)c45)n3)cc2)nc(Nc2cc(S(=O)(=O)O)cc3cc(C)c(N=Nc4cc(COO)cc(COO)c4)c(O)c23)n1. The lowest BCUT2D eigenvalue weighted by atomic mass is 10.0. The fraction of sp³-hybridized carbons (Fsp3) is 0.154. The molecule has 7 aromatic carbocycles. The quantitative estimate of drug-likeness (QED) is 0.0116. The van der Waals surface area contributed by atoms with Crippen LogP contribution in [-0.4, -0.2) is 101 Å². The molecule has 0 saturated carbocycles. The first-order chi connectivity index (χ1) is 41.1. The number of nitrogens with one attached hydrogen (secondary N) is 6. The Hall–Kier alpha value is -9.82. The lowest BCUT2D eigenvalue weighted by Gasteiger charge is -2.16. The second-order valence-corrected chi connectivity index (χ2v) is 21.4. The van der Waals surface area contributed by atoms with Crippen LogP contribution >= 0.6 is 0 Å². The maximum Gasteiger partial charge on any atom is 0.294 e. The number of hydrogen-bond donors (Lipinski definition) is 14. The Morgan fingerprint density at radius 3 is 1.05 bits per heavy atom. The molecule has 9 aromatic rings. The molecule has 0 aliphatic heterocycles. The number of azo groups is 2. The Kier molecular flexibility index (Phi) is 18.4. The van der Waals surface area contributed by atoms with Gasteiger partial charge < -0.3 is 42.1 Å². The smallest absolute Gasteiger partial charge is 0.294 e. The molecule has 0 atom stereocenters. The summed E-state index contributed by atoms with van der Waals surface area (Å²) in [6.07, 6.45) is 0. The molecule has 0 aliphatic carbocycles. The highest BCUT2D eigenvalue weighted by Gasteiger charge is 2.23. The van der Waals surface area contributed by atoms with Gasteiger partial charge in [-0.3, -0.25) is 30.1 Å². The van der Waals surface area contributed by atoms with E-state index in [9.17, 15) is 36.2 Å². The summed E-state index contributed by atoms with van der Waals surface area (Å²) in [5, 5.41) is 94.9. The van der Waals surface area contributed by atoms with Gasteiger partial charge in [-0.25, -0.2) is 19.6 Å². The van der Waals surface area contributed by atoms with E-state index in [1.165, 1.54) is 36.4 Å². The number of benzene rings is 7. The molecule has 86 heavy (non-hydrogen) atoms. The van der Waals surface area contributed by atoms with Gasteiger partial charge in [0.1, 0.15) is 37.8 Å². The predicted molar refractivity (Wildman–Crippen MR) is 310 cm³/mol. The Balaban J connectivity index is 0.983. The molecule has 9 rings (SSSR count). The molecular formula is C52H50N16O16S2. The summed E-state index contributed by atoms with van der Waals surface area (Å²) >= 11 is 0. The van der Waals surface area contributed by atoms with Crippen LogP contribution in [0.1, 0.15) is 33.4 Å². The van der Waals surface area contributed by atoms with Crippen molar-refractivity contribution in [1.29, 1.82) is 0 Å². The number of rotatable bonds is 24. The number of phenolic OH excluding ortho intramolecular Hbond substituents is 2. The molecule has 0 aliphatic rings. The van der Waals surface area contributed by atoms with Crippen molar-refractivity contribution in [3.05, 3.63) is 130 Å². The van der Waals surface area contributed by atoms with E-state index < -0.39 is 41.5 Å². The van der Waals surface area contributed by atoms with E-state index in [0.29, 0.717) is 44.8 Å². The molecule has 446 valence electrons. The van der Waals surface area contributed by atoms with Gasteiger partial charge in [0.25, 0.3) is 20.2 Å². The highest BCUT2D eigenvalue weighted by Crippen LogP contribution is 2.46. The topological polar surface area (TPSA) is 466 Å². The van der Waals surface area contributed by atoms with E-state index in [-0.39, 0.29) is 118 Å². The Bertz CT molecular complexity index is 4030. The van der Waals surface area contributed by atoms with E-state index in [1.54, 1.807) is 64.3 Å². The molecule has 32 nitrogen and oxygen atoms in total. The summed E-state index contributed by atoms with van der Waals surface area (Å²) in [6, 6.07) is 23.4. The number of hydrogen-bond acceptors (Lipinski definition) is 30. The third-order valence-corrected chi connectivity index (χ3v) is 14.1. The van der Waals surface area contributed by atoms with E-state index in [1.807, 2.05) is 0 Å². The highest BCUT2D eigenvalue weighted by atomic mass is 32.2. The fourth-order valence-electron chi connectivity index (χ4n) is 8.77. The van der Waals surface area contributed by atoms with Gasteiger partial charge in [0.05, 0.1) is 32.5 Å². The molecule has 0 saturated heterocycles. The van der Waals surface area contributed by atoms with Crippen molar-refractivity contribution in [3.63, 3.8) is 0 Å². The number of aryl methyl sites for hydroxylation is 2. The molecule has 0 radical (unpaired) electrons. The van der Waals surface area contributed by atoms with Gasteiger partial charge >= 0.3 is 0 Å². The number of aromatic nitrogens is 6. The van der Waals surface area contributed by atoms with Crippen LogP contribution in [0.15, 0.2) is 127 Å². The lowest BCUT2D eigenvalue weighted by Crippen LogP contribution is -2.08. The van der Waals surface area contributed by atoms with Crippen molar-refractivity contribution in [3.8, 4) is 11.5 Å². The maximum atomic E-state index is 12.6. The first-order valence-corrected chi connectivity index (χ1v) is 27.8. The first kappa shape index (κ1) is 60.8. The van der Waals surface area contributed by atoms with E-state index >= 15 is 0 Å². The minimum Gasteiger partial charge on any atom is -0.505 e. The molecule has 2 aromatic heterocycles. The number of fused-ring (bicyclic) bond motifs is 2. The van der Waals surface area contributed by atoms with Gasteiger partial charge in [-0.05, 0) is 143 Å². The van der Waals surface area contributed by atoms with Crippen LogP contribution in [0.5, 0.6) is 11.5 Å². The highest BCUT2D eigenvalue weighted by molar-refractivity contribution is 7.86. The fourth-order valence-corrected chi connectivity index (χ4v) is 9.86. The van der Waals surface area contributed by atoms with Crippen LogP contribution < -0.4 is 31.9 Å². The lowest BCUT2D eigenvalue weighted by molar-refractivity contribution is -0.254. The molecule has 0 fully saturated rings. The van der Waals surface area contributed by atoms with Gasteiger partial charge in [-0.15, -0.1) is 10.2 Å². The predicted octanol–water partition coefficient (Wildman–Crippen LogP) is 10.7. The zero-order valence-electron chi connectivity index (χ0n) is 45.2. The molecule has 0 bridgehead atoms. The molecule has 0 spiro atoms. The zero-order valence-corrected chi connectivity index (χ0v) is 46.8. The van der Waals surface area contributed by atoms with E-state index in [2.05, 4.69) is 102 Å². The summed E-state index contributed by atoms with van der Waals surface area (Å²) in [6.45, 7) is 2.29. The summed E-state index contributed by atoms with van der Waals surface area (Å²) in [7, 11) is -6.55. The first-order valence-electron chi connectivity index (χ1n) is 24.9. The summed E-state index contributed by atoms with van der Waals surface area (Å²) in [5.41, 5.74) is 3.66. The molecule has 0 unspecified atom stereocenters. The van der Waals surface area contributed by atoms with Crippen LogP contribution in [0, 0.1) is 13.8 Å². The second-order valence-electron chi connectivity index (χ2n) is 18.6.